The molecule has 0 spiro atoms. The molecule has 0 saturated carbocycles. The van der Waals surface area contributed by atoms with Gasteiger partial charge in [0.2, 0.25) is 0 Å². The normalized spacial score (nSPS) is 10.6. The minimum atomic E-state index is 0.579. The molecule has 1 aromatic rings. The van der Waals surface area contributed by atoms with Gasteiger partial charge in [0.25, 0.3) is 0 Å². The van der Waals surface area contributed by atoms with Crippen LogP contribution in [0.15, 0.2) is 16.6 Å². The molecule has 0 bridgehead atoms. The summed E-state index contributed by atoms with van der Waals surface area (Å²) >= 11 is 6.94. The quantitative estimate of drug-likeness (QED) is 0.433. The number of methoxy groups -OCH3 is 2. The third-order valence-electron chi connectivity index (χ3n) is 2.55. The zero-order chi connectivity index (χ0) is 14.8. The molecule has 0 saturated heterocycles. The average Bonchev–Trinajstić information content (AvgIpc) is 2.47. The van der Waals surface area contributed by atoms with Crippen LogP contribution >= 0.6 is 31.9 Å². The summed E-state index contributed by atoms with van der Waals surface area (Å²) in [6.45, 7) is 2.47. The van der Waals surface area contributed by atoms with Crippen molar-refractivity contribution in [2.45, 2.75) is 11.8 Å². The molecule has 1 aromatic carbocycles. The monoisotopic (exact) mass is 410 g/mol. The van der Waals surface area contributed by atoms with Gasteiger partial charge >= 0.3 is 0 Å². The molecule has 1 rings (SSSR count). The Hall–Kier alpha value is -0.300. The van der Waals surface area contributed by atoms with Crippen LogP contribution in [0.2, 0.25) is 0 Å². The zero-order valence-corrected chi connectivity index (χ0v) is 15.0. The van der Waals surface area contributed by atoms with Gasteiger partial charge in [0.15, 0.2) is 11.5 Å². The van der Waals surface area contributed by atoms with E-state index in [1.165, 1.54) is 0 Å². The van der Waals surface area contributed by atoms with Gasteiger partial charge in [-0.05, 0) is 33.6 Å². The molecule has 0 radical (unpaired) electrons. The van der Waals surface area contributed by atoms with E-state index in [0.717, 1.165) is 33.3 Å². The van der Waals surface area contributed by atoms with Crippen molar-refractivity contribution < 1.29 is 18.9 Å². The number of hydrogen-bond acceptors (Lipinski definition) is 4. The minimum absolute atomic E-state index is 0.579. The van der Waals surface area contributed by atoms with Crippen LogP contribution in [0.25, 0.3) is 0 Å². The lowest BCUT2D eigenvalue weighted by molar-refractivity contribution is 0.0642. The number of halogens is 2. The van der Waals surface area contributed by atoms with E-state index in [9.17, 15) is 0 Å². The number of rotatable bonds is 10. The smallest absolute Gasteiger partial charge is 0.175 e. The van der Waals surface area contributed by atoms with Crippen molar-refractivity contribution in [2.75, 3.05) is 40.6 Å². The van der Waals surface area contributed by atoms with Crippen LogP contribution in [0.4, 0.5) is 0 Å². The Kier molecular flexibility index (Phi) is 9.26. The highest BCUT2D eigenvalue weighted by Gasteiger charge is 2.11. The second-order valence-electron chi connectivity index (χ2n) is 4.05. The summed E-state index contributed by atoms with van der Waals surface area (Å²) in [5.41, 5.74) is 1.13. The largest absolute Gasteiger partial charge is 0.493 e. The highest BCUT2D eigenvalue weighted by Crippen LogP contribution is 2.37. The van der Waals surface area contributed by atoms with Crippen molar-refractivity contribution >= 4 is 31.9 Å². The summed E-state index contributed by atoms with van der Waals surface area (Å²) in [7, 11) is 3.30. The van der Waals surface area contributed by atoms with Gasteiger partial charge < -0.3 is 18.9 Å². The number of benzene rings is 1. The van der Waals surface area contributed by atoms with Crippen molar-refractivity contribution in [3.05, 3.63) is 22.2 Å². The Bertz CT molecular complexity index is 399. The Morgan fingerprint density at radius 2 is 1.85 bits per heavy atom. The first-order chi connectivity index (χ1) is 9.72. The van der Waals surface area contributed by atoms with Crippen molar-refractivity contribution in [3.8, 4) is 11.5 Å². The molecule has 0 aromatic heterocycles. The lowest BCUT2D eigenvalue weighted by Crippen LogP contribution is -2.07. The molecule has 0 unspecified atom stereocenters. The van der Waals surface area contributed by atoms with E-state index >= 15 is 0 Å². The second kappa shape index (κ2) is 10.4. The highest BCUT2D eigenvalue weighted by atomic mass is 79.9. The maximum absolute atomic E-state index is 5.77. The molecule has 6 heteroatoms. The SMILES string of the molecule is COCCOCCCOc1c(Br)cc(CBr)cc1OC. The van der Waals surface area contributed by atoms with E-state index in [-0.39, 0.29) is 0 Å². The van der Waals surface area contributed by atoms with E-state index in [1.54, 1.807) is 14.2 Å². The van der Waals surface area contributed by atoms with Crippen LogP contribution in [-0.4, -0.2) is 40.6 Å². The first-order valence-electron chi connectivity index (χ1n) is 6.34. The van der Waals surface area contributed by atoms with Gasteiger partial charge in [0.1, 0.15) is 0 Å². The first kappa shape index (κ1) is 17.8. The third kappa shape index (κ3) is 5.99. The molecule has 0 aliphatic heterocycles. The summed E-state index contributed by atoms with van der Waals surface area (Å²) in [5.74, 6) is 1.46. The van der Waals surface area contributed by atoms with E-state index in [0.29, 0.717) is 26.4 Å². The van der Waals surface area contributed by atoms with Gasteiger partial charge in [-0.15, -0.1) is 0 Å². The number of alkyl halides is 1. The zero-order valence-electron chi connectivity index (χ0n) is 11.8. The minimum Gasteiger partial charge on any atom is -0.493 e. The fourth-order valence-corrected chi connectivity index (χ4v) is 2.50. The molecule has 0 heterocycles. The maximum Gasteiger partial charge on any atom is 0.175 e. The van der Waals surface area contributed by atoms with Gasteiger partial charge in [-0.1, -0.05) is 15.9 Å². The number of hydrogen-bond donors (Lipinski definition) is 0. The Balaban J connectivity index is 2.43. The molecule has 20 heavy (non-hydrogen) atoms. The molecule has 0 N–H and O–H groups in total. The molecular weight excluding hydrogens is 392 g/mol. The van der Waals surface area contributed by atoms with Crippen LogP contribution in [0.5, 0.6) is 11.5 Å². The van der Waals surface area contributed by atoms with Crippen molar-refractivity contribution in [2.24, 2.45) is 0 Å². The lowest BCUT2D eigenvalue weighted by Gasteiger charge is -2.14. The van der Waals surface area contributed by atoms with Crippen LogP contribution in [0.3, 0.4) is 0 Å². The summed E-state index contributed by atoms with van der Waals surface area (Å²) in [6.07, 6.45) is 0.819. The van der Waals surface area contributed by atoms with E-state index in [4.69, 9.17) is 18.9 Å². The summed E-state index contributed by atoms with van der Waals surface area (Å²) < 4.78 is 22.3. The van der Waals surface area contributed by atoms with Gasteiger partial charge in [0, 0.05) is 25.5 Å². The molecule has 0 amide bonds. The molecule has 0 aliphatic rings. The van der Waals surface area contributed by atoms with Gasteiger partial charge in [-0.2, -0.15) is 0 Å². The predicted octanol–water partition coefficient (Wildman–Crippen LogP) is 3.78. The van der Waals surface area contributed by atoms with Crippen LogP contribution in [0.1, 0.15) is 12.0 Å². The van der Waals surface area contributed by atoms with Crippen molar-refractivity contribution in [3.63, 3.8) is 0 Å². The fraction of sp³-hybridized carbons (Fsp3) is 0.571. The fourth-order valence-electron chi connectivity index (χ4n) is 1.57. The Morgan fingerprint density at radius 1 is 1.05 bits per heavy atom. The van der Waals surface area contributed by atoms with E-state index in [2.05, 4.69) is 31.9 Å². The first-order valence-corrected chi connectivity index (χ1v) is 8.26. The molecular formula is C14H20Br2O4. The van der Waals surface area contributed by atoms with E-state index < -0.39 is 0 Å². The molecule has 0 aliphatic carbocycles. The predicted molar refractivity (Wildman–Crippen MR) is 86.1 cm³/mol. The molecule has 114 valence electrons. The van der Waals surface area contributed by atoms with Crippen LogP contribution in [0, 0.1) is 0 Å². The van der Waals surface area contributed by atoms with Crippen molar-refractivity contribution in [1.82, 2.24) is 0 Å². The lowest BCUT2D eigenvalue weighted by atomic mass is 10.2. The summed E-state index contributed by atoms with van der Waals surface area (Å²) in [5, 5.41) is 0.773. The number of ether oxygens (including phenoxy) is 4. The summed E-state index contributed by atoms with van der Waals surface area (Å²) in [4.78, 5) is 0. The Morgan fingerprint density at radius 3 is 2.50 bits per heavy atom. The van der Waals surface area contributed by atoms with E-state index in [1.807, 2.05) is 12.1 Å². The van der Waals surface area contributed by atoms with Crippen LogP contribution in [-0.2, 0) is 14.8 Å². The summed E-state index contributed by atoms with van der Waals surface area (Å²) in [6, 6.07) is 3.98. The van der Waals surface area contributed by atoms with Gasteiger partial charge in [0.05, 0.1) is 31.4 Å². The Labute approximate surface area is 137 Å². The molecule has 4 nitrogen and oxygen atoms in total. The average molecular weight is 412 g/mol. The third-order valence-corrected chi connectivity index (χ3v) is 3.79. The maximum atomic E-state index is 5.77. The van der Waals surface area contributed by atoms with Gasteiger partial charge in [-0.3, -0.25) is 0 Å². The standard InChI is InChI=1S/C14H20Br2O4/c1-17-6-7-19-4-3-5-20-14-12(16)8-11(10-15)9-13(14)18-2/h8-9H,3-7,10H2,1-2H3. The topological polar surface area (TPSA) is 36.9 Å². The molecule has 0 atom stereocenters. The van der Waals surface area contributed by atoms with Crippen LogP contribution < -0.4 is 9.47 Å². The van der Waals surface area contributed by atoms with Crippen molar-refractivity contribution in [1.29, 1.82) is 0 Å². The second-order valence-corrected chi connectivity index (χ2v) is 5.46. The molecule has 0 fully saturated rings. The van der Waals surface area contributed by atoms with Gasteiger partial charge in [-0.25, -0.2) is 0 Å². The highest BCUT2D eigenvalue weighted by molar-refractivity contribution is 9.10.